The molecule has 0 aromatic heterocycles. The molecule has 1 aromatic rings. The molecule has 0 bridgehead atoms. The third kappa shape index (κ3) is 6.57. The lowest BCUT2D eigenvalue weighted by Crippen LogP contribution is -2.49. The maximum atomic E-state index is 13.7. The van der Waals surface area contributed by atoms with Gasteiger partial charge in [-0.3, -0.25) is 4.99 Å². The second-order valence-corrected chi connectivity index (χ2v) is 7.40. The van der Waals surface area contributed by atoms with E-state index in [1.165, 1.54) is 12.6 Å². The average Bonchev–Trinajstić information content (AvgIpc) is 2.62. The summed E-state index contributed by atoms with van der Waals surface area (Å²) in [5.74, 6) is 1.28. The predicted molar refractivity (Wildman–Crippen MR) is 105 cm³/mol. The van der Waals surface area contributed by atoms with E-state index in [0.717, 1.165) is 37.5 Å². The van der Waals surface area contributed by atoms with E-state index in [2.05, 4.69) is 34.4 Å². The van der Waals surface area contributed by atoms with Crippen molar-refractivity contribution in [2.75, 3.05) is 33.8 Å². The smallest absolute Gasteiger partial charge is 0.191 e. The van der Waals surface area contributed by atoms with Crippen LogP contribution in [-0.2, 0) is 17.9 Å². The molecule has 1 aliphatic heterocycles. The number of benzene rings is 1. The molecule has 0 aliphatic carbocycles. The Morgan fingerprint density at radius 1 is 1.35 bits per heavy atom. The number of rotatable bonds is 7. The summed E-state index contributed by atoms with van der Waals surface area (Å²) in [6, 6.07) is 5.57. The van der Waals surface area contributed by atoms with Crippen molar-refractivity contribution >= 4 is 5.96 Å². The topological polar surface area (TPSA) is 48.9 Å². The fourth-order valence-electron chi connectivity index (χ4n) is 3.35. The molecule has 0 atom stereocenters. The maximum Gasteiger partial charge on any atom is 0.191 e. The van der Waals surface area contributed by atoms with Gasteiger partial charge in [0.15, 0.2) is 5.96 Å². The van der Waals surface area contributed by atoms with Crippen LogP contribution in [0.4, 0.5) is 4.39 Å². The Bertz CT molecular complexity index is 583. The highest BCUT2D eigenvalue weighted by Crippen LogP contribution is 2.13. The number of halogens is 1. The third-order valence-electron chi connectivity index (χ3n) is 4.65. The second kappa shape index (κ2) is 10.5. The first-order valence-electron chi connectivity index (χ1n) is 9.47. The van der Waals surface area contributed by atoms with Crippen molar-refractivity contribution < 1.29 is 9.13 Å². The SMILES string of the molecule is CN=C(NCc1ccc(F)c(COC)c1)NC1CCN(CC(C)C)CC1. The first-order valence-corrected chi connectivity index (χ1v) is 9.47. The van der Waals surface area contributed by atoms with Crippen molar-refractivity contribution in [3.63, 3.8) is 0 Å². The Hall–Kier alpha value is -1.66. The van der Waals surface area contributed by atoms with E-state index in [0.29, 0.717) is 24.1 Å². The molecular weight excluding hydrogens is 331 g/mol. The highest BCUT2D eigenvalue weighted by Gasteiger charge is 2.20. The molecule has 2 N–H and O–H groups in total. The molecule has 0 unspecified atom stereocenters. The number of methoxy groups -OCH3 is 1. The Morgan fingerprint density at radius 2 is 2.08 bits per heavy atom. The fraction of sp³-hybridized carbons (Fsp3) is 0.650. The maximum absolute atomic E-state index is 13.7. The molecule has 1 fully saturated rings. The first kappa shape index (κ1) is 20.6. The summed E-state index contributed by atoms with van der Waals surface area (Å²) in [6.07, 6.45) is 2.25. The Morgan fingerprint density at radius 3 is 2.69 bits per heavy atom. The van der Waals surface area contributed by atoms with E-state index < -0.39 is 0 Å². The van der Waals surface area contributed by atoms with Crippen molar-refractivity contribution in [3.05, 3.63) is 35.1 Å². The molecule has 1 heterocycles. The minimum atomic E-state index is -0.230. The first-order chi connectivity index (χ1) is 12.5. The molecule has 26 heavy (non-hydrogen) atoms. The number of hydrogen-bond acceptors (Lipinski definition) is 3. The fourth-order valence-corrected chi connectivity index (χ4v) is 3.35. The standard InChI is InChI=1S/C20H33FN4O/c1-15(2)13-25-9-7-18(8-10-25)24-20(22-3)23-12-16-5-6-19(21)17(11-16)14-26-4/h5-6,11,15,18H,7-10,12-14H2,1-4H3,(H2,22,23,24). The average molecular weight is 365 g/mol. The Labute approximate surface area is 157 Å². The van der Waals surface area contributed by atoms with Crippen molar-refractivity contribution in [1.82, 2.24) is 15.5 Å². The third-order valence-corrected chi connectivity index (χ3v) is 4.65. The predicted octanol–water partition coefficient (Wildman–Crippen LogP) is 2.76. The van der Waals surface area contributed by atoms with Gasteiger partial charge in [-0.15, -0.1) is 0 Å². The normalized spacial score (nSPS) is 16.9. The summed E-state index contributed by atoms with van der Waals surface area (Å²) in [6.45, 7) is 8.85. The highest BCUT2D eigenvalue weighted by atomic mass is 19.1. The van der Waals surface area contributed by atoms with Crippen molar-refractivity contribution in [2.24, 2.45) is 10.9 Å². The molecule has 0 amide bonds. The molecule has 0 radical (unpaired) electrons. The van der Waals surface area contributed by atoms with Gasteiger partial charge < -0.3 is 20.3 Å². The number of aliphatic imine (C=N–C) groups is 1. The molecule has 5 nitrogen and oxygen atoms in total. The van der Waals surface area contributed by atoms with Crippen LogP contribution >= 0.6 is 0 Å². The molecule has 6 heteroatoms. The van der Waals surface area contributed by atoms with Crippen molar-refractivity contribution in [2.45, 2.75) is 45.9 Å². The van der Waals surface area contributed by atoms with Crippen LogP contribution < -0.4 is 10.6 Å². The largest absolute Gasteiger partial charge is 0.380 e. The lowest BCUT2D eigenvalue weighted by molar-refractivity contribution is 0.181. The van der Waals surface area contributed by atoms with Gasteiger partial charge in [-0.2, -0.15) is 0 Å². The summed E-state index contributed by atoms with van der Waals surface area (Å²) in [5, 5.41) is 6.84. The quantitative estimate of drug-likeness (QED) is 0.577. The minimum Gasteiger partial charge on any atom is -0.380 e. The summed E-state index contributed by atoms with van der Waals surface area (Å²) in [5.41, 5.74) is 1.58. The van der Waals surface area contributed by atoms with Crippen LogP contribution in [0.15, 0.2) is 23.2 Å². The number of piperidine rings is 1. The van der Waals surface area contributed by atoms with Crippen LogP contribution in [0, 0.1) is 11.7 Å². The van der Waals surface area contributed by atoms with Crippen molar-refractivity contribution in [1.29, 1.82) is 0 Å². The number of hydrogen-bond donors (Lipinski definition) is 2. The monoisotopic (exact) mass is 364 g/mol. The molecule has 0 spiro atoms. The summed E-state index contributed by atoms with van der Waals surface area (Å²) in [4.78, 5) is 6.86. The van der Waals surface area contributed by atoms with Crippen LogP contribution in [0.25, 0.3) is 0 Å². The molecule has 1 aliphatic rings. The lowest BCUT2D eigenvalue weighted by Gasteiger charge is -2.34. The molecule has 2 rings (SSSR count). The van der Waals surface area contributed by atoms with Crippen molar-refractivity contribution in [3.8, 4) is 0 Å². The van der Waals surface area contributed by atoms with Gasteiger partial charge in [-0.1, -0.05) is 19.9 Å². The lowest BCUT2D eigenvalue weighted by atomic mass is 10.0. The summed E-state index contributed by atoms with van der Waals surface area (Å²) in [7, 11) is 3.35. The number of ether oxygens (including phenoxy) is 1. The van der Waals surface area contributed by atoms with Crippen LogP contribution in [0.2, 0.25) is 0 Å². The number of nitrogens with zero attached hydrogens (tertiary/aromatic N) is 2. The van der Waals surface area contributed by atoms with Gasteiger partial charge in [-0.05, 0) is 36.5 Å². The van der Waals surface area contributed by atoms with E-state index in [9.17, 15) is 4.39 Å². The molecule has 1 aromatic carbocycles. The summed E-state index contributed by atoms with van der Waals surface area (Å²) >= 11 is 0. The van der Waals surface area contributed by atoms with Crippen LogP contribution in [-0.4, -0.2) is 50.7 Å². The highest BCUT2D eigenvalue weighted by molar-refractivity contribution is 5.79. The van der Waals surface area contributed by atoms with Gasteiger partial charge in [-0.25, -0.2) is 4.39 Å². The van der Waals surface area contributed by atoms with E-state index in [-0.39, 0.29) is 12.4 Å². The number of likely N-dealkylation sites (tertiary alicyclic amines) is 1. The molecule has 146 valence electrons. The second-order valence-electron chi connectivity index (χ2n) is 7.40. The number of nitrogens with one attached hydrogen (secondary N) is 2. The summed E-state index contributed by atoms with van der Waals surface area (Å²) < 4.78 is 18.7. The van der Waals surface area contributed by atoms with Gasteiger partial charge in [0.1, 0.15) is 5.82 Å². The van der Waals surface area contributed by atoms with E-state index in [1.807, 2.05) is 6.07 Å². The van der Waals surface area contributed by atoms with E-state index >= 15 is 0 Å². The van der Waals surface area contributed by atoms with Gasteiger partial charge in [0.05, 0.1) is 6.61 Å². The van der Waals surface area contributed by atoms with Crippen LogP contribution in [0.5, 0.6) is 0 Å². The van der Waals surface area contributed by atoms with Gasteiger partial charge in [0.25, 0.3) is 0 Å². The van der Waals surface area contributed by atoms with E-state index in [4.69, 9.17) is 4.74 Å². The van der Waals surface area contributed by atoms with Crippen LogP contribution in [0.3, 0.4) is 0 Å². The Kier molecular flexibility index (Phi) is 8.32. The zero-order chi connectivity index (χ0) is 18.9. The van der Waals surface area contributed by atoms with Crippen LogP contribution in [0.1, 0.15) is 37.8 Å². The zero-order valence-electron chi connectivity index (χ0n) is 16.5. The minimum absolute atomic E-state index is 0.230. The number of guanidine groups is 1. The Balaban J connectivity index is 1.81. The van der Waals surface area contributed by atoms with Gasteiger partial charge >= 0.3 is 0 Å². The van der Waals surface area contributed by atoms with E-state index in [1.54, 1.807) is 20.2 Å². The zero-order valence-corrected chi connectivity index (χ0v) is 16.5. The molecule has 1 saturated heterocycles. The van der Waals surface area contributed by atoms with Gasteiger partial charge in [0.2, 0.25) is 0 Å². The molecular formula is C20H33FN4O. The van der Waals surface area contributed by atoms with Gasteiger partial charge in [0, 0.05) is 51.9 Å². The molecule has 0 saturated carbocycles.